The number of halogens is 5. The summed E-state index contributed by atoms with van der Waals surface area (Å²) >= 11 is 12.6. The minimum absolute atomic E-state index is 0.0408. The van der Waals surface area contributed by atoms with Crippen LogP contribution in [0.5, 0.6) is 5.88 Å². The van der Waals surface area contributed by atoms with Gasteiger partial charge in [-0.05, 0) is 23.6 Å². The normalized spacial score (nSPS) is 11.5. The van der Waals surface area contributed by atoms with Gasteiger partial charge in [0.2, 0.25) is 5.88 Å². The number of hydrogen-bond donors (Lipinski definition) is 2. The van der Waals surface area contributed by atoms with Crippen LogP contribution in [0.15, 0.2) is 54.7 Å². The number of ether oxygens (including phenoxy) is 1. The van der Waals surface area contributed by atoms with Gasteiger partial charge in [0.05, 0.1) is 21.3 Å². The van der Waals surface area contributed by atoms with Gasteiger partial charge in [0.25, 0.3) is 11.8 Å². The number of carbonyl (C=O) groups excluding carboxylic acids is 2. The largest absolute Gasteiger partial charge is 0.467 e. The number of nitrogens with two attached hydrogens (primary N) is 1. The molecule has 13 heteroatoms. The highest BCUT2D eigenvalue weighted by atomic mass is 35.5. The number of carbonyl (C=O) groups is 2. The van der Waals surface area contributed by atoms with Gasteiger partial charge in [-0.3, -0.25) is 9.59 Å². The Morgan fingerprint density at radius 2 is 1.86 bits per heavy atom. The van der Waals surface area contributed by atoms with Crippen LogP contribution in [0.25, 0.3) is 16.6 Å². The van der Waals surface area contributed by atoms with Crippen molar-refractivity contribution in [3.8, 4) is 11.7 Å². The van der Waals surface area contributed by atoms with Crippen LogP contribution in [-0.4, -0.2) is 39.4 Å². The smallest absolute Gasteiger partial charge is 0.422 e. The molecule has 3 N–H and O–H groups in total. The van der Waals surface area contributed by atoms with Crippen LogP contribution in [-0.2, 0) is 0 Å². The molecular weight excluding hydrogens is 510 g/mol. The third-order valence-corrected chi connectivity index (χ3v) is 5.42. The van der Waals surface area contributed by atoms with Crippen molar-refractivity contribution in [2.45, 2.75) is 6.18 Å². The number of primary amides is 1. The van der Waals surface area contributed by atoms with E-state index in [1.807, 2.05) is 0 Å². The summed E-state index contributed by atoms with van der Waals surface area (Å²) in [6.45, 7) is -1.64. The average molecular weight is 524 g/mol. The van der Waals surface area contributed by atoms with E-state index < -0.39 is 30.5 Å². The van der Waals surface area contributed by atoms with Crippen LogP contribution in [0, 0.1) is 0 Å². The first-order chi connectivity index (χ1) is 16.5. The number of aromatic nitrogens is 3. The van der Waals surface area contributed by atoms with E-state index in [2.05, 4.69) is 20.1 Å². The number of nitrogens with one attached hydrogen (secondary N) is 1. The van der Waals surface area contributed by atoms with Gasteiger partial charge in [0.1, 0.15) is 5.69 Å². The van der Waals surface area contributed by atoms with E-state index in [-0.39, 0.29) is 32.8 Å². The van der Waals surface area contributed by atoms with E-state index >= 15 is 0 Å². The van der Waals surface area contributed by atoms with Gasteiger partial charge < -0.3 is 15.8 Å². The molecule has 0 aliphatic rings. The lowest BCUT2D eigenvalue weighted by Crippen LogP contribution is -2.21. The summed E-state index contributed by atoms with van der Waals surface area (Å²) in [5, 5.41) is 7.65. The fourth-order valence-electron chi connectivity index (χ4n) is 3.24. The molecule has 2 amide bonds. The maximum Gasteiger partial charge on any atom is 0.422 e. The molecule has 0 atom stereocenters. The van der Waals surface area contributed by atoms with Crippen LogP contribution >= 0.6 is 23.2 Å². The fraction of sp³-hybridized carbons (Fsp3) is 0.0909. The molecule has 4 aromatic rings. The van der Waals surface area contributed by atoms with Crippen LogP contribution in [0.1, 0.15) is 20.8 Å². The molecule has 0 unspecified atom stereocenters. The standard InChI is InChI=1S/C22H14Cl2F3N5O3/c23-14-6-3-7-29-20(14)32-15(9-16(31-32)35-10-22(25,26)27)21(34)30-18-13(19(28)33)8-11-4-1-2-5-12(11)17(18)24/h1-9H,10H2,(H2,28,33)(H,30,34). The molecule has 180 valence electrons. The van der Waals surface area contributed by atoms with Crippen molar-refractivity contribution in [2.24, 2.45) is 5.73 Å². The predicted molar refractivity (Wildman–Crippen MR) is 123 cm³/mol. The molecule has 0 spiro atoms. The SMILES string of the molecule is NC(=O)c1cc2ccccc2c(Cl)c1NC(=O)c1cc(OCC(F)(F)F)nn1-c1ncccc1Cl. The summed E-state index contributed by atoms with van der Waals surface area (Å²) < 4.78 is 43.5. The minimum Gasteiger partial charge on any atom is -0.467 e. The molecule has 2 aromatic carbocycles. The Kier molecular flexibility index (Phi) is 6.55. The highest BCUT2D eigenvalue weighted by Crippen LogP contribution is 2.35. The first-order valence-corrected chi connectivity index (χ1v) is 10.5. The number of nitrogens with zero attached hydrogens (tertiary/aromatic N) is 3. The Morgan fingerprint density at radius 1 is 1.11 bits per heavy atom. The summed E-state index contributed by atoms with van der Waals surface area (Å²) in [6, 6.07) is 12.3. The van der Waals surface area contributed by atoms with E-state index in [0.29, 0.717) is 10.8 Å². The molecule has 0 saturated heterocycles. The lowest BCUT2D eigenvalue weighted by molar-refractivity contribution is -0.154. The van der Waals surface area contributed by atoms with Crippen molar-refractivity contribution >= 4 is 51.5 Å². The van der Waals surface area contributed by atoms with E-state index in [1.165, 1.54) is 24.4 Å². The van der Waals surface area contributed by atoms with Crippen molar-refractivity contribution in [1.29, 1.82) is 0 Å². The second-order valence-electron chi connectivity index (χ2n) is 7.14. The van der Waals surface area contributed by atoms with Crippen LogP contribution in [0.2, 0.25) is 10.0 Å². The lowest BCUT2D eigenvalue weighted by atomic mass is 10.0. The molecule has 0 aliphatic carbocycles. The van der Waals surface area contributed by atoms with Gasteiger partial charge in [-0.1, -0.05) is 47.5 Å². The Balaban J connectivity index is 1.79. The molecule has 0 radical (unpaired) electrons. The Morgan fingerprint density at radius 3 is 2.54 bits per heavy atom. The van der Waals surface area contributed by atoms with E-state index in [1.54, 1.807) is 24.3 Å². The number of pyridine rings is 1. The Bertz CT molecular complexity index is 1460. The van der Waals surface area contributed by atoms with E-state index in [4.69, 9.17) is 28.9 Å². The van der Waals surface area contributed by atoms with Crippen molar-refractivity contribution in [3.63, 3.8) is 0 Å². The fourth-order valence-corrected chi connectivity index (χ4v) is 3.76. The number of rotatable bonds is 6. The van der Waals surface area contributed by atoms with Crippen molar-refractivity contribution in [3.05, 3.63) is 76.0 Å². The number of fused-ring (bicyclic) bond motifs is 1. The maximum absolute atomic E-state index is 13.3. The third kappa shape index (κ3) is 5.15. The minimum atomic E-state index is -4.64. The molecule has 0 bridgehead atoms. The molecule has 0 saturated carbocycles. The summed E-state index contributed by atoms with van der Waals surface area (Å²) in [5.41, 5.74) is 5.05. The van der Waals surface area contributed by atoms with Gasteiger partial charge in [-0.15, -0.1) is 5.10 Å². The summed E-state index contributed by atoms with van der Waals surface area (Å²) in [4.78, 5) is 29.4. The summed E-state index contributed by atoms with van der Waals surface area (Å²) in [5.74, 6) is -2.29. The average Bonchev–Trinajstić information content (AvgIpc) is 3.23. The highest BCUT2D eigenvalue weighted by Gasteiger charge is 2.30. The quantitative estimate of drug-likeness (QED) is 0.368. The van der Waals surface area contributed by atoms with Gasteiger partial charge >= 0.3 is 6.18 Å². The van der Waals surface area contributed by atoms with E-state index in [0.717, 1.165) is 10.7 Å². The third-order valence-electron chi connectivity index (χ3n) is 4.73. The van der Waals surface area contributed by atoms with Gasteiger partial charge in [0, 0.05) is 17.6 Å². The molecule has 0 fully saturated rings. The zero-order valence-electron chi connectivity index (χ0n) is 17.4. The first kappa shape index (κ1) is 24.3. The molecule has 2 heterocycles. The summed E-state index contributed by atoms with van der Waals surface area (Å²) in [7, 11) is 0. The maximum atomic E-state index is 13.3. The number of anilines is 1. The zero-order valence-corrected chi connectivity index (χ0v) is 18.9. The molecule has 35 heavy (non-hydrogen) atoms. The van der Waals surface area contributed by atoms with Crippen LogP contribution in [0.4, 0.5) is 18.9 Å². The Hall–Kier alpha value is -3.83. The van der Waals surface area contributed by atoms with Gasteiger partial charge in [-0.2, -0.15) is 13.2 Å². The van der Waals surface area contributed by atoms with Crippen LogP contribution < -0.4 is 15.8 Å². The van der Waals surface area contributed by atoms with Crippen molar-refractivity contribution in [1.82, 2.24) is 14.8 Å². The van der Waals surface area contributed by atoms with E-state index in [9.17, 15) is 22.8 Å². The van der Waals surface area contributed by atoms with Gasteiger partial charge in [-0.25, -0.2) is 9.67 Å². The van der Waals surface area contributed by atoms with Crippen molar-refractivity contribution in [2.75, 3.05) is 11.9 Å². The predicted octanol–water partition coefficient (Wildman–Crippen LogP) is 5.02. The Labute approximate surface area is 205 Å². The van der Waals surface area contributed by atoms with Crippen LogP contribution in [0.3, 0.4) is 0 Å². The number of hydrogen-bond acceptors (Lipinski definition) is 5. The molecule has 4 rings (SSSR count). The topological polar surface area (TPSA) is 112 Å². The lowest BCUT2D eigenvalue weighted by Gasteiger charge is -2.14. The summed E-state index contributed by atoms with van der Waals surface area (Å²) in [6.07, 6.45) is -3.28. The number of alkyl halides is 3. The molecular formula is C22H14Cl2F3N5O3. The molecule has 0 aliphatic heterocycles. The zero-order chi connectivity index (χ0) is 25.3. The monoisotopic (exact) mass is 523 g/mol. The van der Waals surface area contributed by atoms with Gasteiger partial charge in [0.15, 0.2) is 12.4 Å². The second-order valence-corrected chi connectivity index (χ2v) is 7.93. The second kappa shape index (κ2) is 9.43. The highest BCUT2D eigenvalue weighted by molar-refractivity contribution is 6.40. The first-order valence-electron chi connectivity index (χ1n) is 9.78. The molecule has 2 aromatic heterocycles. The molecule has 8 nitrogen and oxygen atoms in total. The number of amides is 2. The van der Waals surface area contributed by atoms with Crippen molar-refractivity contribution < 1.29 is 27.5 Å². The number of benzene rings is 2.